The monoisotopic (exact) mass is 299 g/mol. The third-order valence-corrected chi connectivity index (χ3v) is 3.94. The highest BCUT2D eigenvalue weighted by Gasteiger charge is 2.06. The largest absolute Gasteiger partial charge is 0.478 e. The van der Waals surface area contributed by atoms with Crippen LogP contribution in [-0.4, -0.2) is 20.9 Å². The molecular formula is C15H13N3O2S. The summed E-state index contributed by atoms with van der Waals surface area (Å²) in [5.74, 6) is -0.888. The van der Waals surface area contributed by atoms with Crippen LogP contribution >= 0.6 is 11.3 Å². The van der Waals surface area contributed by atoms with Crippen LogP contribution in [0, 0.1) is 0 Å². The van der Waals surface area contributed by atoms with Gasteiger partial charge in [0.2, 0.25) is 0 Å². The number of carboxylic acid groups (broad SMARTS) is 1. The van der Waals surface area contributed by atoms with Gasteiger partial charge in [-0.3, -0.25) is 0 Å². The molecule has 2 N–H and O–H groups in total. The van der Waals surface area contributed by atoms with Gasteiger partial charge in [0.15, 0.2) is 0 Å². The molecule has 2 aromatic heterocycles. The number of hydrogen-bond acceptors (Lipinski definition) is 4. The van der Waals surface area contributed by atoms with E-state index in [1.165, 1.54) is 11.3 Å². The van der Waals surface area contributed by atoms with E-state index in [9.17, 15) is 4.79 Å². The Morgan fingerprint density at radius 3 is 2.76 bits per heavy atom. The molecular weight excluding hydrogens is 286 g/mol. The third kappa shape index (κ3) is 3.11. The van der Waals surface area contributed by atoms with Crippen LogP contribution in [0.1, 0.15) is 15.2 Å². The Labute approximate surface area is 125 Å². The van der Waals surface area contributed by atoms with Crippen molar-refractivity contribution < 1.29 is 9.90 Å². The molecule has 0 aliphatic carbocycles. The Kier molecular flexibility index (Phi) is 3.70. The molecule has 0 bridgehead atoms. The zero-order valence-electron chi connectivity index (χ0n) is 11.1. The lowest BCUT2D eigenvalue weighted by atomic mass is 10.2. The van der Waals surface area contributed by atoms with Crippen LogP contribution in [0.3, 0.4) is 0 Å². The van der Waals surface area contributed by atoms with Crippen molar-refractivity contribution in [1.29, 1.82) is 0 Å². The minimum absolute atomic E-state index is 0.339. The first-order valence-corrected chi connectivity index (χ1v) is 7.25. The Bertz CT molecular complexity index is 733. The van der Waals surface area contributed by atoms with Crippen LogP contribution in [0.15, 0.2) is 54.2 Å². The fraction of sp³-hybridized carbons (Fsp3) is 0.0667. The fourth-order valence-electron chi connectivity index (χ4n) is 1.93. The van der Waals surface area contributed by atoms with Crippen molar-refractivity contribution in [2.75, 3.05) is 5.32 Å². The number of thiophene rings is 1. The number of nitrogens with one attached hydrogen (secondary N) is 1. The second-order valence-electron chi connectivity index (χ2n) is 4.46. The molecule has 0 aliphatic heterocycles. The van der Waals surface area contributed by atoms with Gasteiger partial charge in [-0.25, -0.2) is 9.48 Å². The third-order valence-electron chi connectivity index (χ3n) is 3.00. The summed E-state index contributed by atoms with van der Waals surface area (Å²) in [7, 11) is 0. The Morgan fingerprint density at radius 1 is 1.33 bits per heavy atom. The molecule has 0 fully saturated rings. The first-order chi connectivity index (χ1) is 10.2. The van der Waals surface area contributed by atoms with E-state index < -0.39 is 5.97 Å². The first-order valence-electron chi connectivity index (χ1n) is 6.37. The highest BCUT2D eigenvalue weighted by molar-refractivity contribution is 7.10. The lowest BCUT2D eigenvalue weighted by Crippen LogP contribution is -1.99. The normalized spacial score (nSPS) is 10.5. The van der Waals surface area contributed by atoms with E-state index in [0.717, 1.165) is 16.3 Å². The van der Waals surface area contributed by atoms with Crippen molar-refractivity contribution >= 4 is 23.0 Å². The molecule has 0 aliphatic rings. The highest BCUT2D eigenvalue weighted by Crippen LogP contribution is 2.18. The summed E-state index contributed by atoms with van der Waals surface area (Å²) in [5.41, 5.74) is 2.32. The average Bonchev–Trinajstić information content (AvgIpc) is 3.17. The zero-order chi connectivity index (χ0) is 14.7. The van der Waals surface area contributed by atoms with E-state index in [-0.39, 0.29) is 0 Å². The van der Waals surface area contributed by atoms with E-state index in [2.05, 4.69) is 10.4 Å². The lowest BCUT2D eigenvalue weighted by Gasteiger charge is -2.06. The van der Waals surface area contributed by atoms with Crippen molar-refractivity contribution in [1.82, 2.24) is 9.78 Å². The van der Waals surface area contributed by atoms with Gasteiger partial charge >= 0.3 is 5.97 Å². The van der Waals surface area contributed by atoms with Gasteiger partial charge in [0.25, 0.3) is 0 Å². The SMILES string of the molecule is O=C(O)c1csc(CNc2ccc(-n3cccn3)cc2)c1. The number of benzene rings is 1. The number of nitrogens with zero attached hydrogens (tertiary/aromatic N) is 2. The van der Waals surface area contributed by atoms with Crippen LogP contribution in [0.4, 0.5) is 5.69 Å². The fourth-order valence-corrected chi connectivity index (χ4v) is 2.73. The zero-order valence-corrected chi connectivity index (χ0v) is 11.9. The van der Waals surface area contributed by atoms with Gasteiger partial charge in [0, 0.05) is 34.9 Å². The number of rotatable bonds is 5. The molecule has 6 heteroatoms. The van der Waals surface area contributed by atoms with Gasteiger partial charge in [-0.05, 0) is 36.4 Å². The predicted molar refractivity (Wildman–Crippen MR) is 82.2 cm³/mol. The number of aromatic carboxylic acids is 1. The molecule has 5 nitrogen and oxygen atoms in total. The number of carbonyl (C=O) groups is 1. The van der Waals surface area contributed by atoms with Crippen molar-refractivity contribution in [3.63, 3.8) is 0 Å². The maximum atomic E-state index is 10.8. The van der Waals surface area contributed by atoms with Crippen molar-refractivity contribution in [2.45, 2.75) is 6.54 Å². The van der Waals surface area contributed by atoms with Crippen molar-refractivity contribution in [3.05, 3.63) is 64.6 Å². The number of anilines is 1. The highest BCUT2D eigenvalue weighted by atomic mass is 32.1. The standard InChI is InChI=1S/C15H13N3O2S/c19-15(20)11-8-14(21-10-11)9-16-12-2-4-13(5-3-12)18-7-1-6-17-18/h1-8,10,16H,9H2,(H,19,20). The molecule has 3 aromatic rings. The van der Waals surface area contributed by atoms with Gasteiger partial charge < -0.3 is 10.4 Å². The lowest BCUT2D eigenvalue weighted by molar-refractivity contribution is 0.0697. The molecule has 0 unspecified atom stereocenters. The maximum Gasteiger partial charge on any atom is 0.336 e. The van der Waals surface area contributed by atoms with Gasteiger partial charge in [0.1, 0.15) is 0 Å². The molecule has 0 atom stereocenters. The van der Waals surface area contributed by atoms with Crippen molar-refractivity contribution in [2.24, 2.45) is 0 Å². The van der Waals surface area contributed by atoms with E-state index in [0.29, 0.717) is 12.1 Å². The molecule has 0 saturated carbocycles. The minimum atomic E-state index is -0.888. The Morgan fingerprint density at radius 2 is 2.14 bits per heavy atom. The summed E-state index contributed by atoms with van der Waals surface area (Å²) >= 11 is 1.44. The predicted octanol–water partition coefficient (Wildman–Crippen LogP) is 3.24. The summed E-state index contributed by atoms with van der Waals surface area (Å²) in [4.78, 5) is 11.8. The van der Waals surface area contributed by atoms with Gasteiger partial charge in [-0.2, -0.15) is 5.10 Å². The Balaban J connectivity index is 1.64. The maximum absolute atomic E-state index is 10.8. The van der Waals surface area contributed by atoms with E-state index in [1.807, 2.05) is 36.5 Å². The van der Waals surface area contributed by atoms with Gasteiger partial charge in [-0.1, -0.05) is 0 Å². The summed E-state index contributed by atoms with van der Waals surface area (Å²) < 4.78 is 1.79. The molecule has 3 rings (SSSR count). The van der Waals surface area contributed by atoms with Crippen LogP contribution in [0.5, 0.6) is 0 Å². The molecule has 0 spiro atoms. The van der Waals surface area contributed by atoms with E-state index >= 15 is 0 Å². The summed E-state index contributed by atoms with van der Waals surface area (Å²) in [5, 5.41) is 18.0. The second kappa shape index (κ2) is 5.80. The summed E-state index contributed by atoms with van der Waals surface area (Å²) in [6, 6.07) is 11.5. The van der Waals surface area contributed by atoms with Crippen molar-refractivity contribution in [3.8, 4) is 5.69 Å². The van der Waals surface area contributed by atoms with E-state index in [4.69, 9.17) is 5.11 Å². The minimum Gasteiger partial charge on any atom is -0.478 e. The quantitative estimate of drug-likeness (QED) is 0.759. The second-order valence-corrected chi connectivity index (χ2v) is 5.45. The molecule has 106 valence electrons. The summed E-state index contributed by atoms with van der Waals surface area (Å²) in [6.07, 6.45) is 3.63. The number of hydrogen-bond donors (Lipinski definition) is 2. The van der Waals surface area contributed by atoms with Gasteiger partial charge in [0.05, 0.1) is 11.3 Å². The van der Waals surface area contributed by atoms with Gasteiger partial charge in [-0.15, -0.1) is 11.3 Å². The first kappa shape index (κ1) is 13.4. The molecule has 2 heterocycles. The topological polar surface area (TPSA) is 67.2 Å². The molecule has 0 radical (unpaired) electrons. The smallest absolute Gasteiger partial charge is 0.336 e. The molecule has 21 heavy (non-hydrogen) atoms. The van der Waals surface area contributed by atoms with Crippen LogP contribution in [0.2, 0.25) is 0 Å². The van der Waals surface area contributed by atoms with Crippen LogP contribution < -0.4 is 5.32 Å². The molecule has 1 aromatic carbocycles. The molecule has 0 amide bonds. The molecule has 0 saturated heterocycles. The number of aromatic nitrogens is 2. The van der Waals surface area contributed by atoms with Crippen LogP contribution in [0.25, 0.3) is 5.69 Å². The number of carboxylic acids is 1. The Hall–Kier alpha value is -2.60. The average molecular weight is 299 g/mol. The van der Waals surface area contributed by atoms with E-state index in [1.54, 1.807) is 22.3 Å². The summed E-state index contributed by atoms with van der Waals surface area (Å²) in [6.45, 7) is 0.610. The van der Waals surface area contributed by atoms with Crippen LogP contribution in [-0.2, 0) is 6.54 Å².